The summed E-state index contributed by atoms with van der Waals surface area (Å²) in [5.41, 5.74) is 2.33. The van der Waals surface area contributed by atoms with Crippen molar-refractivity contribution in [3.63, 3.8) is 0 Å². The molecule has 22 heavy (non-hydrogen) atoms. The van der Waals surface area contributed by atoms with Crippen LogP contribution in [0.3, 0.4) is 0 Å². The first-order valence-electron chi connectivity index (χ1n) is 8.37. The molecule has 3 unspecified atom stereocenters. The standard InChI is InChI=1S/C19H28O3/c1-10(2)9-12-13-14(15(20)11(3)19(12)7-8-19)17(22-6)18(4,5)16(13)21/h10,14-15,17,20H,3,7-9H2,1-2,4-6H3. The van der Waals surface area contributed by atoms with Gasteiger partial charge in [-0.05, 0) is 30.8 Å². The molecule has 3 aliphatic rings. The summed E-state index contributed by atoms with van der Waals surface area (Å²) >= 11 is 0. The van der Waals surface area contributed by atoms with Gasteiger partial charge in [0.15, 0.2) is 5.78 Å². The Morgan fingerprint density at radius 3 is 2.41 bits per heavy atom. The lowest BCUT2D eigenvalue weighted by molar-refractivity contribution is -0.126. The summed E-state index contributed by atoms with van der Waals surface area (Å²) in [6, 6.07) is 0. The summed E-state index contributed by atoms with van der Waals surface area (Å²) < 4.78 is 5.67. The Balaban J connectivity index is 2.22. The van der Waals surface area contributed by atoms with Crippen molar-refractivity contribution in [3.8, 4) is 0 Å². The Kier molecular flexibility index (Phi) is 3.47. The number of aliphatic hydroxyl groups is 1. The van der Waals surface area contributed by atoms with E-state index in [1.165, 1.54) is 5.57 Å². The molecule has 0 heterocycles. The number of ketones is 1. The van der Waals surface area contributed by atoms with E-state index in [0.29, 0.717) is 5.92 Å². The summed E-state index contributed by atoms with van der Waals surface area (Å²) in [6.07, 6.45) is 2.01. The van der Waals surface area contributed by atoms with Crippen LogP contribution in [0.4, 0.5) is 0 Å². The zero-order chi connectivity index (χ0) is 16.4. The molecular weight excluding hydrogens is 276 g/mol. The van der Waals surface area contributed by atoms with Gasteiger partial charge in [0.2, 0.25) is 0 Å². The van der Waals surface area contributed by atoms with E-state index < -0.39 is 11.5 Å². The Morgan fingerprint density at radius 1 is 1.36 bits per heavy atom. The molecule has 0 aromatic heterocycles. The monoisotopic (exact) mass is 304 g/mol. The molecule has 3 rings (SSSR count). The molecule has 0 bridgehead atoms. The van der Waals surface area contributed by atoms with Gasteiger partial charge in [-0.15, -0.1) is 0 Å². The van der Waals surface area contributed by atoms with Crippen LogP contribution in [0, 0.1) is 22.7 Å². The van der Waals surface area contributed by atoms with Crippen LogP contribution in [0.25, 0.3) is 0 Å². The van der Waals surface area contributed by atoms with Crippen molar-refractivity contribution < 1.29 is 14.6 Å². The van der Waals surface area contributed by atoms with Gasteiger partial charge in [-0.3, -0.25) is 4.79 Å². The third-order valence-corrected chi connectivity index (χ3v) is 6.03. The maximum atomic E-state index is 13.1. The highest BCUT2D eigenvalue weighted by molar-refractivity contribution is 6.05. The fourth-order valence-corrected chi connectivity index (χ4v) is 4.74. The molecule has 0 radical (unpaired) electrons. The van der Waals surface area contributed by atoms with Crippen molar-refractivity contribution in [2.24, 2.45) is 22.7 Å². The molecule has 0 aromatic rings. The molecule has 1 N–H and O–H groups in total. The number of aliphatic hydroxyl groups excluding tert-OH is 1. The number of methoxy groups -OCH3 is 1. The van der Waals surface area contributed by atoms with Crippen molar-refractivity contribution in [3.05, 3.63) is 23.3 Å². The summed E-state index contributed by atoms with van der Waals surface area (Å²) in [5, 5.41) is 10.9. The molecular formula is C19H28O3. The van der Waals surface area contributed by atoms with Crippen molar-refractivity contribution in [1.82, 2.24) is 0 Å². The molecule has 122 valence electrons. The van der Waals surface area contributed by atoms with Crippen LogP contribution in [0.1, 0.15) is 47.0 Å². The fourth-order valence-electron chi connectivity index (χ4n) is 4.74. The largest absolute Gasteiger partial charge is 0.388 e. The molecule has 3 atom stereocenters. The second-order valence-electron chi connectivity index (χ2n) is 8.28. The summed E-state index contributed by atoms with van der Waals surface area (Å²) in [4.78, 5) is 13.1. The second-order valence-corrected chi connectivity index (χ2v) is 8.28. The van der Waals surface area contributed by atoms with Crippen molar-refractivity contribution >= 4 is 5.78 Å². The van der Waals surface area contributed by atoms with Crippen molar-refractivity contribution in [2.75, 3.05) is 7.11 Å². The molecule has 0 aliphatic heterocycles. The van der Waals surface area contributed by atoms with Crippen LogP contribution in [0.15, 0.2) is 23.3 Å². The first kappa shape index (κ1) is 15.9. The number of Topliss-reactive ketones (excluding diaryl/α,β-unsaturated/α-hetero) is 1. The Labute approximate surface area is 133 Å². The van der Waals surface area contributed by atoms with Gasteiger partial charge >= 0.3 is 0 Å². The maximum Gasteiger partial charge on any atom is 0.167 e. The highest BCUT2D eigenvalue weighted by Gasteiger charge is 2.64. The molecule has 3 aliphatic carbocycles. The van der Waals surface area contributed by atoms with Gasteiger partial charge in [0.05, 0.1) is 17.6 Å². The van der Waals surface area contributed by atoms with Gasteiger partial charge < -0.3 is 9.84 Å². The average Bonchev–Trinajstić information content (AvgIpc) is 3.19. The number of allylic oxidation sites excluding steroid dienone is 1. The van der Waals surface area contributed by atoms with E-state index in [2.05, 4.69) is 20.4 Å². The molecule has 2 fully saturated rings. The summed E-state index contributed by atoms with van der Waals surface area (Å²) in [7, 11) is 1.64. The first-order chi connectivity index (χ1) is 10.2. The number of hydrogen-bond donors (Lipinski definition) is 1. The van der Waals surface area contributed by atoms with Crippen LogP contribution < -0.4 is 0 Å². The Hall–Kier alpha value is -0.930. The van der Waals surface area contributed by atoms with E-state index in [9.17, 15) is 9.90 Å². The van der Waals surface area contributed by atoms with Gasteiger partial charge in [0.25, 0.3) is 0 Å². The lowest BCUT2D eigenvalue weighted by Gasteiger charge is -2.39. The summed E-state index contributed by atoms with van der Waals surface area (Å²) in [5.74, 6) is 0.402. The van der Waals surface area contributed by atoms with Crippen molar-refractivity contribution in [1.29, 1.82) is 0 Å². The summed E-state index contributed by atoms with van der Waals surface area (Å²) in [6.45, 7) is 12.5. The van der Waals surface area contributed by atoms with Crippen LogP contribution in [-0.2, 0) is 9.53 Å². The molecule has 0 aromatic carbocycles. The highest BCUT2D eigenvalue weighted by atomic mass is 16.5. The van der Waals surface area contributed by atoms with Gasteiger partial charge in [-0.25, -0.2) is 0 Å². The lowest BCUT2D eigenvalue weighted by atomic mass is 9.68. The van der Waals surface area contributed by atoms with Crippen LogP contribution in [0.5, 0.6) is 0 Å². The zero-order valence-corrected chi connectivity index (χ0v) is 14.4. The molecule has 3 heteroatoms. The number of carbonyl (C=O) groups excluding carboxylic acids is 1. The van der Waals surface area contributed by atoms with Gasteiger partial charge in [0, 0.05) is 24.0 Å². The van der Waals surface area contributed by atoms with Crippen LogP contribution >= 0.6 is 0 Å². The first-order valence-corrected chi connectivity index (χ1v) is 8.37. The Morgan fingerprint density at radius 2 is 1.95 bits per heavy atom. The highest BCUT2D eigenvalue weighted by Crippen LogP contribution is 2.66. The zero-order valence-electron chi connectivity index (χ0n) is 14.4. The van der Waals surface area contributed by atoms with Gasteiger partial charge in [0.1, 0.15) is 0 Å². The fraction of sp³-hybridized carbons (Fsp3) is 0.737. The minimum absolute atomic E-state index is 0.107. The van der Waals surface area contributed by atoms with E-state index in [1.54, 1.807) is 7.11 Å². The van der Waals surface area contributed by atoms with E-state index in [-0.39, 0.29) is 23.2 Å². The quantitative estimate of drug-likeness (QED) is 0.814. The number of hydrogen-bond acceptors (Lipinski definition) is 3. The second kappa shape index (κ2) is 4.78. The predicted molar refractivity (Wildman–Crippen MR) is 86.4 cm³/mol. The van der Waals surface area contributed by atoms with Gasteiger partial charge in [-0.1, -0.05) is 39.8 Å². The Bertz CT molecular complexity index is 563. The topological polar surface area (TPSA) is 46.5 Å². The minimum atomic E-state index is -0.663. The van der Waals surface area contributed by atoms with Gasteiger partial charge in [-0.2, -0.15) is 0 Å². The SMILES string of the molecule is C=C1C(O)C2C(=C(CC(C)C)C13CC3)C(=O)C(C)(C)C2OC. The average molecular weight is 304 g/mol. The number of rotatable bonds is 3. The molecule has 3 nitrogen and oxygen atoms in total. The van der Waals surface area contributed by atoms with E-state index in [4.69, 9.17) is 4.74 Å². The normalized spacial score (nSPS) is 35.5. The lowest BCUT2D eigenvalue weighted by Crippen LogP contribution is -2.41. The molecule has 0 saturated heterocycles. The van der Waals surface area contributed by atoms with Crippen LogP contribution in [-0.4, -0.2) is 30.2 Å². The molecule has 1 spiro atoms. The smallest absolute Gasteiger partial charge is 0.167 e. The predicted octanol–water partition coefficient (Wildman–Crippen LogP) is 3.28. The number of carbonyl (C=O) groups is 1. The van der Waals surface area contributed by atoms with E-state index in [0.717, 1.165) is 30.4 Å². The third kappa shape index (κ3) is 1.85. The van der Waals surface area contributed by atoms with Crippen LogP contribution in [0.2, 0.25) is 0 Å². The molecule has 0 amide bonds. The number of ether oxygens (including phenoxy) is 1. The molecule has 2 saturated carbocycles. The van der Waals surface area contributed by atoms with E-state index in [1.807, 2.05) is 13.8 Å². The maximum absolute atomic E-state index is 13.1. The number of fused-ring (bicyclic) bond motifs is 1. The van der Waals surface area contributed by atoms with Crippen molar-refractivity contribution in [2.45, 2.75) is 59.2 Å². The third-order valence-electron chi connectivity index (χ3n) is 6.03. The minimum Gasteiger partial charge on any atom is -0.388 e. The van der Waals surface area contributed by atoms with E-state index >= 15 is 0 Å².